The van der Waals surface area contributed by atoms with Crippen molar-refractivity contribution in [3.63, 3.8) is 0 Å². The van der Waals surface area contributed by atoms with Gasteiger partial charge < -0.3 is 10.1 Å². The quantitative estimate of drug-likeness (QED) is 0.501. The van der Waals surface area contributed by atoms with Crippen LogP contribution in [0.1, 0.15) is 25.7 Å². The molecule has 0 unspecified atom stereocenters. The summed E-state index contributed by atoms with van der Waals surface area (Å²) < 4.78 is 6.62. The SMILES string of the molecule is O=[N+]([O-])c1ccc2sc(OCCCC3CCNCC3)nc2c1. The maximum Gasteiger partial charge on any atom is 0.274 e. The third-order valence-electron chi connectivity index (χ3n) is 4.00. The number of nitro groups is 1. The second kappa shape index (κ2) is 7.02. The largest absolute Gasteiger partial charge is 0.470 e. The summed E-state index contributed by atoms with van der Waals surface area (Å²) in [6, 6.07) is 4.72. The Bertz CT molecular complexity index is 653. The Kier molecular flexibility index (Phi) is 4.84. The van der Waals surface area contributed by atoms with Gasteiger partial charge in [-0.1, -0.05) is 11.3 Å². The smallest absolute Gasteiger partial charge is 0.274 e. The van der Waals surface area contributed by atoms with Crippen LogP contribution >= 0.6 is 11.3 Å². The van der Waals surface area contributed by atoms with Gasteiger partial charge in [-0.05, 0) is 50.8 Å². The highest BCUT2D eigenvalue weighted by Gasteiger charge is 2.13. The number of nitrogens with zero attached hydrogens (tertiary/aromatic N) is 2. The molecule has 0 aliphatic carbocycles. The fourth-order valence-electron chi connectivity index (χ4n) is 2.77. The molecule has 0 saturated carbocycles. The number of hydrogen-bond donors (Lipinski definition) is 1. The van der Waals surface area contributed by atoms with E-state index in [1.807, 2.05) is 0 Å². The molecule has 1 fully saturated rings. The standard InChI is InChI=1S/C15H19N3O3S/c19-18(20)12-3-4-14-13(10-12)17-15(22-14)21-9-1-2-11-5-7-16-8-6-11/h3-4,10-11,16H,1-2,5-9H2. The van der Waals surface area contributed by atoms with Gasteiger partial charge in [0.15, 0.2) is 0 Å². The number of hydrogen-bond acceptors (Lipinski definition) is 6. The third kappa shape index (κ3) is 3.72. The number of piperidine rings is 1. The van der Waals surface area contributed by atoms with E-state index in [0.29, 0.717) is 17.3 Å². The van der Waals surface area contributed by atoms with Crippen LogP contribution in [0.25, 0.3) is 10.2 Å². The van der Waals surface area contributed by atoms with Crippen molar-refractivity contribution in [2.24, 2.45) is 5.92 Å². The molecule has 1 aromatic carbocycles. The van der Waals surface area contributed by atoms with E-state index in [9.17, 15) is 10.1 Å². The Morgan fingerprint density at radius 2 is 2.23 bits per heavy atom. The van der Waals surface area contributed by atoms with Crippen LogP contribution in [0, 0.1) is 16.0 Å². The molecule has 1 aliphatic heterocycles. The molecule has 1 N–H and O–H groups in total. The highest BCUT2D eigenvalue weighted by molar-refractivity contribution is 7.20. The van der Waals surface area contributed by atoms with Gasteiger partial charge in [-0.25, -0.2) is 4.98 Å². The van der Waals surface area contributed by atoms with Crippen molar-refractivity contribution >= 4 is 27.2 Å². The molecule has 1 saturated heterocycles. The van der Waals surface area contributed by atoms with Crippen LogP contribution in [0.2, 0.25) is 0 Å². The van der Waals surface area contributed by atoms with Gasteiger partial charge in [0.2, 0.25) is 0 Å². The molecule has 1 aliphatic rings. The first kappa shape index (κ1) is 15.2. The van der Waals surface area contributed by atoms with E-state index in [-0.39, 0.29) is 5.69 Å². The molecule has 0 amide bonds. The van der Waals surface area contributed by atoms with E-state index >= 15 is 0 Å². The van der Waals surface area contributed by atoms with Gasteiger partial charge >= 0.3 is 0 Å². The topological polar surface area (TPSA) is 77.3 Å². The summed E-state index contributed by atoms with van der Waals surface area (Å²) in [7, 11) is 0. The van der Waals surface area contributed by atoms with Gasteiger partial charge in [0, 0.05) is 12.1 Å². The summed E-state index contributed by atoms with van der Waals surface area (Å²) in [6.07, 6.45) is 4.73. The summed E-state index contributed by atoms with van der Waals surface area (Å²) in [4.78, 5) is 14.7. The molecule has 6 nitrogen and oxygen atoms in total. The fraction of sp³-hybridized carbons (Fsp3) is 0.533. The average Bonchev–Trinajstić information content (AvgIpc) is 2.94. The van der Waals surface area contributed by atoms with Gasteiger partial charge in [0.25, 0.3) is 10.9 Å². The van der Waals surface area contributed by atoms with Gasteiger partial charge in [0.1, 0.15) is 0 Å². The first-order chi connectivity index (χ1) is 10.7. The first-order valence-corrected chi connectivity index (χ1v) is 8.42. The molecule has 2 aromatic rings. The lowest BCUT2D eigenvalue weighted by Crippen LogP contribution is -2.27. The summed E-state index contributed by atoms with van der Waals surface area (Å²) >= 11 is 1.44. The van der Waals surface area contributed by atoms with Crippen molar-refractivity contribution in [1.29, 1.82) is 0 Å². The van der Waals surface area contributed by atoms with E-state index in [2.05, 4.69) is 10.3 Å². The van der Waals surface area contributed by atoms with Crippen molar-refractivity contribution in [2.45, 2.75) is 25.7 Å². The molecule has 7 heteroatoms. The zero-order valence-electron chi connectivity index (χ0n) is 12.3. The number of benzene rings is 1. The minimum absolute atomic E-state index is 0.0651. The Morgan fingerprint density at radius 3 is 3.00 bits per heavy atom. The Morgan fingerprint density at radius 1 is 1.41 bits per heavy atom. The van der Waals surface area contributed by atoms with Gasteiger partial charge in [-0.15, -0.1) is 0 Å². The molecule has 0 atom stereocenters. The average molecular weight is 321 g/mol. The van der Waals surface area contributed by atoms with Crippen molar-refractivity contribution in [2.75, 3.05) is 19.7 Å². The van der Waals surface area contributed by atoms with Crippen LogP contribution in [0.5, 0.6) is 5.19 Å². The second-order valence-corrected chi connectivity index (χ2v) is 6.57. The van der Waals surface area contributed by atoms with Gasteiger partial charge in [0.05, 0.1) is 21.7 Å². The molecular weight excluding hydrogens is 302 g/mol. The Hall–Kier alpha value is -1.73. The van der Waals surface area contributed by atoms with Crippen LogP contribution < -0.4 is 10.1 Å². The maximum absolute atomic E-state index is 10.8. The number of non-ortho nitro benzene ring substituents is 1. The normalized spacial score (nSPS) is 16.0. The molecule has 0 radical (unpaired) electrons. The number of nitro benzene ring substituents is 1. The molecule has 3 rings (SSSR count). The first-order valence-electron chi connectivity index (χ1n) is 7.61. The van der Waals surface area contributed by atoms with Crippen molar-refractivity contribution in [3.05, 3.63) is 28.3 Å². The second-order valence-electron chi connectivity index (χ2n) is 5.57. The lowest BCUT2D eigenvalue weighted by Gasteiger charge is -2.22. The molecule has 0 bridgehead atoms. The lowest BCUT2D eigenvalue weighted by atomic mass is 9.93. The molecule has 0 spiro atoms. The number of aromatic nitrogens is 1. The summed E-state index contributed by atoms with van der Waals surface area (Å²) in [5, 5.41) is 14.7. The van der Waals surface area contributed by atoms with Crippen LogP contribution in [-0.4, -0.2) is 29.6 Å². The fourth-order valence-corrected chi connectivity index (χ4v) is 3.59. The zero-order valence-corrected chi connectivity index (χ0v) is 13.1. The van der Waals surface area contributed by atoms with Gasteiger partial charge in [-0.3, -0.25) is 10.1 Å². The predicted molar refractivity (Wildman–Crippen MR) is 86.6 cm³/mol. The Labute approximate surface area is 132 Å². The van der Waals surface area contributed by atoms with E-state index in [0.717, 1.165) is 30.1 Å². The van der Waals surface area contributed by atoms with E-state index in [1.165, 1.54) is 42.7 Å². The number of fused-ring (bicyclic) bond motifs is 1. The zero-order chi connectivity index (χ0) is 15.4. The van der Waals surface area contributed by atoms with E-state index in [1.54, 1.807) is 6.07 Å². The van der Waals surface area contributed by atoms with Crippen LogP contribution in [0.15, 0.2) is 18.2 Å². The molecule has 118 valence electrons. The van der Waals surface area contributed by atoms with Crippen molar-refractivity contribution < 1.29 is 9.66 Å². The van der Waals surface area contributed by atoms with E-state index in [4.69, 9.17) is 4.74 Å². The van der Waals surface area contributed by atoms with Crippen LogP contribution in [-0.2, 0) is 0 Å². The number of ether oxygens (including phenoxy) is 1. The molecular formula is C15H19N3O3S. The van der Waals surface area contributed by atoms with Crippen LogP contribution in [0.4, 0.5) is 5.69 Å². The van der Waals surface area contributed by atoms with Crippen molar-refractivity contribution in [3.8, 4) is 5.19 Å². The third-order valence-corrected chi connectivity index (χ3v) is 4.95. The minimum Gasteiger partial charge on any atom is -0.470 e. The Balaban J connectivity index is 1.52. The number of thiazole rings is 1. The molecule has 2 heterocycles. The monoisotopic (exact) mass is 321 g/mol. The highest BCUT2D eigenvalue weighted by atomic mass is 32.1. The summed E-state index contributed by atoms with van der Waals surface area (Å²) in [5.74, 6) is 0.808. The summed E-state index contributed by atoms with van der Waals surface area (Å²) in [6.45, 7) is 2.91. The van der Waals surface area contributed by atoms with Gasteiger partial charge in [-0.2, -0.15) is 0 Å². The minimum atomic E-state index is -0.404. The molecule has 1 aromatic heterocycles. The number of nitrogens with one attached hydrogen (secondary N) is 1. The highest BCUT2D eigenvalue weighted by Crippen LogP contribution is 2.30. The maximum atomic E-state index is 10.8. The predicted octanol–water partition coefficient (Wildman–Crippen LogP) is 3.36. The summed E-state index contributed by atoms with van der Waals surface area (Å²) in [5.41, 5.74) is 0.697. The number of rotatable bonds is 6. The van der Waals surface area contributed by atoms with E-state index < -0.39 is 4.92 Å². The lowest BCUT2D eigenvalue weighted by molar-refractivity contribution is -0.384. The van der Waals surface area contributed by atoms with Crippen molar-refractivity contribution in [1.82, 2.24) is 10.3 Å². The molecule has 22 heavy (non-hydrogen) atoms. The van der Waals surface area contributed by atoms with Crippen LogP contribution in [0.3, 0.4) is 0 Å².